The molecule has 0 fully saturated rings. The Hall–Kier alpha value is -2.62. The molecule has 4 nitrogen and oxygen atoms in total. The number of anilines is 1. The highest BCUT2D eigenvalue weighted by Crippen LogP contribution is 2.22. The lowest BCUT2D eigenvalue weighted by molar-refractivity contribution is -0.118. The van der Waals surface area contributed by atoms with Crippen LogP contribution in [0.1, 0.15) is 63.0 Å². The number of carbonyl (C=O) groups excluding carboxylic acids is 2. The number of hydrogen-bond acceptors (Lipinski definition) is 2. The molecule has 0 aliphatic rings. The number of benzene rings is 2. The van der Waals surface area contributed by atoms with E-state index in [1.54, 1.807) is 0 Å². The van der Waals surface area contributed by atoms with Gasteiger partial charge in [0.1, 0.15) is 6.04 Å². The lowest BCUT2D eigenvalue weighted by atomic mass is 9.86. The molecule has 4 heteroatoms. The van der Waals surface area contributed by atoms with Gasteiger partial charge in [0.25, 0.3) is 5.91 Å². The molecule has 150 valence electrons. The Morgan fingerprint density at radius 1 is 1.00 bits per heavy atom. The zero-order valence-electron chi connectivity index (χ0n) is 17.8. The van der Waals surface area contributed by atoms with Gasteiger partial charge in [-0.15, -0.1) is 0 Å². The fourth-order valence-corrected chi connectivity index (χ4v) is 2.97. The minimum Gasteiger partial charge on any atom is -0.340 e. The van der Waals surface area contributed by atoms with E-state index in [0.29, 0.717) is 5.56 Å². The fraction of sp³-hybridized carbons (Fsp3) is 0.417. The van der Waals surface area contributed by atoms with Crippen molar-refractivity contribution in [2.75, 3.05) is 5.32 Å². The molecular weight excluding hydrogens is 348 g/mol. The van der Waals surface area contributed by atoms with Crippen molar-refractivity contribution < 1.29 is 9.59 Å². The molecule has 0 saturated heterocycles. The monoisotopic (exact) mass is 380 g/mol. The van der Waals surface area contributed by atoms with Crippen molar-refractivity contribution in [2.24, 2.45) is 5.92 Å². The average Bonchev–Trinajstić information content (AvgIpc) is 2.65. The van der Waals surface area contributed by atoms with Crippen molar-refractivity contribution in [2.45, 2.75) is 59.4 Å². The highest BCUT2D eigenvalue weighted by molar-refractivity contribution is 6.01. The van der Waals surface area contributed by atoms with E-state index in [4.69, 9.17) is 0 Å². The zero-order chi connectivity index (χ0) is 20.9. The molecule has 0 spiro atoms. The summed E-state index contributed by atoms with van der Waals surface area (Å²) in [7, 11) is 0. The molecule has 2 aromatic rings. The Morgan fingerprint density at radius 3 is 2.18 bits per heavy atom. The maximum Gasteiger partial charge on any atom is 0.251 e. The van der Waals surface area contributed by atoms with Crippen LogP contribution in [-0.4, -0.2) is 17.9 Å². The molecule has 0 heterocycles. The highest BCUT2D eigenvalue weighted by Gasteiger charge is 2.25. The molecule has 2 N–H and O–H groups in total. The van der Waals surface area contributed by atoms with Crippen LogP contribution in [-0.2, 0) is 16.6 Å². The molecule has 0 saturated carbocycles. The Labute approximate surface area is 168 Å². The minimum absolute atomic E-state index is 0.0301. The molecule has 0 aromatic heterocycles. The van der Waals surface area contributed by atoms with E-state index in [1.165, 1.54) is 0 Å². The summed E-state index contributed by atoms with van der Waals surface area (Å²) in [5.74, 6) is -0.480. The summed E-state index contributed by atoms with van der Waals surface area (Å²) in [5, 5.41) is 5.82. The van der Waals surface area contributed by atoms with Crippen LogP contribution in [0, 0.1) is 5.92 Å². The van der Waals surface area contributed by atoms with E-state index in [0.717, 1.165) is 23.2 Å². The second-order valence-electron chi connectivity index (χ2n) is 8.57. The summed E-state index contributed by atoms with van der Waals surface area (Å²) < 4.78 is 0. The number of amides is 2. The summed E-state index contributed by atoms with van der Waals surface area (Å²) in [6, 6.07) is 14.7. The van der Waals surface area contributed by atoms with E-state index >= 15 is 0 Å². The highest BCUT2D eigenvalue weighted by atomic mass is 16.2. The summed E-state index contributed by atoms with van der Waals surface area (Å²) in [4.78, 5) is 25.5. The summed E-state index contributed by atoms with van der Waals surface area (Å²) in [5.41, 5.74) is 3.65. The number of carbonyl (C=O) groups is 2. The van der Waals surface area contributed by atoms with Gasteiger partial charge in [0.05, 0.1) is 0 Å². The number of nitrogens with one attached hydrogen (secondary N) is 2. The Kier molecular flexibility index (Phi) is 7.00. The number of hydrogen-bond donors (Lipinski definition) is 2. The van der Waals surface area contributed by atoms with Crippen LogP contribution < -0.4 is 10.6 Å². The topological polar surface area (TPSA) is 58.2 Å². The molecule has 0 bridgehead atoms. The van der Waals surface area contributed by atoms with E-state index in [2.05, 4.69) is 38.3 Å². The number of rotatable bonds is 6. The van der Waals surface area contributed by atoms with E-state index in [1.807, 2.05) is 62.4 Å². The minimum atomic E-state index is -0.611. The van der Waals surface area contributed by atoms with Crippen molar-refractivity contribution in [3.8, 4) is 0 Å². The quantitative estimate of drug-likeness (QED) is 0.746. The predicted molar refractivity (Wildman–Crippen MR) is 116 cm³/mol. The van der Waals surface area contributed by atoms with Gasteiger partial charge in [0, 0.05) is 11.3 Å². The first kappa shape index (κ1) is 21.7. The van der Waals surface area contributed by atoms with Crippen LogP contribution in [0.5, 0.6) is 0 Å². The van der Waals surface area contributed by atoms with Gasteiger partial charge >= 0.3 is 0 Å². The average molecular weight is 381 g/mol. The van der Waals surface area contributed by atoms with Gasteiger partial charge < -0.3 is 10.6 Å². The number of aryl methyl sites for hydroxylation is 1. The third-order valence-corrected chi connectivity index (χ3v) is 4.85. The second-order valence-corrected chi connectivity index (χ2v) is 8.57. The summed E-state index contributed by atoms with van der Waals surface area (Å²) >= 11 is 0. The van der Waals surface area contributed by atoms with Gasteiger partial charge in [-0.05, 0) is 53.1 Å². The van der Waals surface area contributed by atoms with Crippen LogP contribution in [0.4, 0.5) is 5.69 Å². The van der Waals surface area contributed by atoms with Gasteiger partial charge in [-0.3, -0.25) is 9.59 Å². The summed E-state index contributed by atoms with van der Waals surface area (Å²) in [6.07, 6.45) is 0.901. The molecule has 0 aliphatic heterocycles. The third kappa shape index (κ3) is 5.69. The largest absolute Gasteiger partial charge is 0.340 e. The Balaban J connectivity index is 2.10. The first-order valence-corrected chi connectivity index (χ1v) is 9.93. The van der Waals surface area contributed by atoms with Gasteiger partial charge in [-0.25, -0.2) is 0 Å². The van der Waals surface area contributed by atoms with Gasteiger partial charge in [0.2, 0.25) is 5.91 Å². The smallest absolute Gasteiger partial charge is 0.251 e. The second kappa shape index (κ2) is 9.05. The van der Waals surface area contributed by atoms with Gasteiger partial charge in [0.15, 0.2) is 0 Å². The maximum atomic E-state index is 12.8. The molecule has 2 rings (SSSR count). The first-order valence-electron chi connectivity index (χ1n) is 9.93. The fourth-order valence-electron chi connectivity index (χ4n) is 2.97. The van der Waals surface area contributed by atoms with Crippen LogP contribution in [0.25, 0.3) is 0 Å². The predicted octanol–water partition coefficient (Wildman–Crippen LogP) is 4.94. The van der Waals surface area contributed by atoms with E-state index in [9.17, 15) is 9.59 Å². The van der Waals surface area contributed by atoms with E-state index < -0.39 is 6.04 Å². The standard InChI is InChI=1S/C24H32N2O2/c1-7-17-9-8-10-20(15-17)25-23(28)21(16(2)3)26-22(27)18-11-13-19(14-12-18)24(4,5)6/h8-16,21H,7H2,1-6H3,(H,25,28)(H,26,27)/t21-/m0/s1. The molecule has 0 radical (unpaired) electrons. The molecular formula is C24H32N2O2. The van der Waals surface area contributed by atoms with Crippen molar-refractivity contribution in [1.82, 2.24) is 5.32 Å². The maximum absolute atomic E-state index is 12.8. The molecule has 28 heavy (non-hydrogen) atoms. The van der Waals surface area contributed by atoms with E-state index in [-0.39, 0.29) is 23.1 Å². The molecule has 1 atom stereocenters. The zero-order valence-corrected chi connectivity index (χ0v) is 17.8. The summed E-state index contributed by atoms with van der Waals surface area (Å²) in [6.45, 7) is 12.3. The van der Waals surface area contributed by atoms with Crippen LogP contribution in [0.15, 0.2) is 48.5 Å². The molecule has 0 aliphatic carbocycles. The van der Waals surface area contributed by atoms with Gasteiger partial charge in [-0.2, -0.15) is 0 Å². The van der Waals surface area contributed by atoms with Crippen molar-refractivity contribution in [3.63, 3.8) is 0 Å². The Morgan fingerprint density at radius 2 is 1.64 bits per heavy atom. The van der Waals surface area contributed by atoms with Crippen LogP contribution in [0.3, 0.4) is 0 Å². The van der Waals surface area contributed by atoms with Crippen LogP contribution >= 0.6 is 0 Å². The molecule has 2 aromatic carbocycles. The van der Waals surface area contributed by atoms with Crippen molar-refractivity contribution in [1.29, 1.82) is 0 Å². The normalized spacial score (nSPS) is 12.5. The van der Waals surface area contributed by atoms with Crippen molar-refractivity contribution >= 4 is 17.5 Å². The molecule has 0 unspecified atom stereocenters. The third-order valence-electron chi connectivity index (χ3n) is 4.85. The lowest BCUT2D eigenvalue weighted by Gasteiger charge is -2.22. The van der Waals surface area contributed by atoms with Gasteiger partial charge in [-0.1, -0.05) is 65.8 Å². The van der Waals surface area contributed by atoms with Crippen LogP contribution in [0.2, 0.25) is 0 Å². The first-order chi connectivity index (χ1) is 13.1. The van der Waals surface area contributed by atoms with Crippen molar-refractivity contribution in [3.05, 3.63) is 65.2 Å². The lowest BCUT2D eigenvalue weighted by Crippen LogP contribution is -2.47. The Bertz CT molecular complexity index is 817. The molecule has 2 amide bonds. The SMILES string of the molecule is CCc1cccc(NC(=O)[C@@H](NC(=O)c2ccc(C(C)(C)C)cc2)C(C)C)c1.